The van der Waals surface area contributed by atoms with Gasteiger partial charge in [-0.05, 0) is 6.42 Å². The van der Waals surface area contributed by atoms with E-state index in [-0.39, 0.29) is 64.2 Å². The van der Waals surface area contributed by atoms with Crippen molar-refractivity contribution in [3.63, 3.8) is 0 Å². The lowest BCUT2D eigenvalue weighted by Gasteiger charge is -2.14. The number of amides is 4. The van der Waals surface area contributed by atoms with Crippen LogP contribution in [0.3, 0.4) is 0 Å². The van der Waals surface area contributed by atoms with E-state index in [0.29, 0.717) is 26.2 Å². The van der Waals surface area contributed by atoms with Gasteiger partial charge in [-0.2, -0.15) is 0 Å². The molecule has 6 N–H and O–H groups in total. The van der Waals surface area contributed by atoms with Crippen LogP contribution in [0.5, 0.6) is 0 Å². The molecule has 1 unspecified atom stereocenters. The number of carbonyl (C=O) groups excluding carboxylic acids is 4. The van der Waals surface area contributed by atoms with Crippen molar-refractivity contribution < 1.29 is 57.9 Å². The first-order chi connectivity index (χ1) is 18.1. The van der Waals surface area contributed by atoms with Crippen molar-refractivity contribution in [3.05, 3.63) is 0 Å². The number of carboxylic acid groups (broad SMARTS) is 2. The quantitative estimate of drug-likeness (QED) is 0.0672. The second kappa shape index (κ2) is 22.8. The fourth-order valence-corrected chi connectivity index (χ4v) is 2.50. The van der Waals surface area contributed by atoms with Gasteiger partial charge in [0.2, 0.25) is 23.6 Å². The molecule has 0 radical (unpaired) electrons. The average Bonchev–Trinajstić information content (AvgIpc) is 2.87. The topological polar surface area (TPSA) is 228 Å². The highest BCUT2D eigenvalue weighted by molar-refractivity contribution is 5.85. The number of ether oxygens (including phenoxy) is 4. The Bertz CT molecular complexity index is 750. The zero-order valence-corrected chi connectivity index (χ0v) is 21.5. The second-order valence-corrected chi connectivity index (χ2v) is 7.55. The van der Waals surface area contributed by atoms with Gasteiger partial charge >= 0.3 is 11.9 Å². The molecule has 0 rings (SSSR count). The van der Waals surface area contributed by atoms with E-state index in [9.17, 15) is 28.8 Å². The summed E-state index contributed by atoms with van der Waals surface area (Å²) in [6.07, 6.45) is -0.0875. The number of carboxylic acids is 2. The molecule has 4 amide bonds. The molecule has 0 saturated carbocycles. The van der Waals surface area contributed by atoms with E-state index in [2.05, 4.69) is 21.3 Å². The minimum Gasteiger partial charge on any atom is -0.480 e. The summed E-state index contributed by atoms with van der Waals surface area (Å²) >= 11 is 0. The molecule has 16 nitrogen and oxygen atoms in total. The van der Waals surface area contributed by atoms with Gasteiger partial charge in [0.05, 0.1) is 39.6 Å². The van der Waals surface area contributed by atoms with Crippen LogP contribution in [0.2, 0.25) is 0 Å². The number of hydrogen-bond acceptors (Lipinski definition) is 10. The number of carbonyl (C=O) groups is 6. The van der Waals surface area contributed by atoms with E-state index in [1.165, 1.54) is 0 Å². The Morgan fingerprint density at radius 2 is 1.18 bits per heavy atom. The third kappa shape index (κ3) is 21.9. The molecule has 1 atom stereocenters. The van der Waals surface area contributed by atoms with Crippen LogP contribution in [-0.4, -0.2) is 124 Å². The molecule has 0 aliphatic rings. The van der Waals surface area contributed by atoms with Crippen LogP contribution in [0.4, 0.5) is 0 Å². The third-order valence-electron chi connectivity index (χ3n) is 4.40. The normalized spacial score (nSPS) is 11.3. The monoisotopic (exact) mass is 550 g/mol. The lowest BCUT2D eigenvalue weighted by Crippen LogP contribution is -2.43. The molecule has 0 aromatic rings. The summed E-state index contributed by atoms with van der Waals surface area (Å²) in [4.78, 5) is 67.6. The Morgan fingerprint density at radius 3 is 1.71 bits per heavy atom. The average molecular weight is 551 g/mol. The molecular formula is C22H38N4O12. The van der Waals surface area contributed by atoms with Crippen molar-refractivity contribution in [1.82, 2.24) is 21.3 Å². The van der Waals surface area contributed by atoms with Crippen molar-refractivity contribution >= 4 is 35.6 Å². The maximum Gasteiger partial charge on any atom is 0.326 e. The molecule has 0 aromatic carbocycles. The van der Waals surface area contributed by atoms with Crippen molar-refractivity contribution in [2.45, 2.75) is 32.2 Å². The first-order valence-corrected chi connectivity index (χ1v) is 12.0. The van der Waals surface area contributed by atoms with E-state index in [0.717, 1.165) is 0 Å². The third-order valence-corrected chi connectivity index (χ3v) is 4.40. The molecule has 0 aliphatic heterocycles. The number of nitrogens with one attached hydrogen (secondary N) is 4. The van der Waals surface area contributed by atoms with Gasteiger partial charge in [0.15, 0.2) is 0 Å². The fraction of sp³-hybridized carbons (Fsp3) is 0.727. The van der Waals surface area contributed by atoms with E-state index in [1.807, 2.05) is 0 Å². The Balaban J connectivity index is 3.69. The predicted molar refractivity (Wildman–Crippen MR) is 129 cm³/mol. The summed E-state index contributed by atoms with van der Waals surface area (Å²) in [7, 11) is 0. The number of hydrogen-bond donors (Lipinski definition) is 6. The SMILES string of the molecule is CCC(=O)NCCOCCOCC(=O)NCCOCCOCC(=O)NC(CCC(=O)NCC(=O)O)C(=O)O. The highest BCUT2D eigenvalue weighted by atomic mass is 16.5. The molecular weight excluding hydrogens is 512 g/mol. The second-order valence-electron chi connectivity index (χ2n) is 7.55. The van der Waals surface area contributed by atoms with Gasteiger partial charge in [-0.1, -0.05) is 6.92 Å². The van der Waals surface area contributed by atoms with E-state index in [4.69, 9.17) is 29.2 Å². The van der Waals surface area contributed by atoms with Crippen LogP contribution in [-0.2, 0) is 47.7 Å². The zero-order chi connectivity index (χ0) is 28.6. The van der Waals surface area contributed by atoms with Gasteiger partial charge in [0, 0.05) is 25.9 Å². The van der Waals surface area contributed by atoms with Crippen LogP contribution in [0, 0.1) is 0 Å². The summed E-state index contributed by atoms with van der Waals surface area (Å²) in [6.45, 7) is 2.49. The van der Waals surface area contributed by atoms with Crippen LogP contribution < -0.4 is 21.3 Å². The maximum absolute atomic E-state index is 11.8. The first kappa shape index (κ1) is 34.7. The number of aliphatic carboxylic acids is 2. The van der Waals surface area contributed by atoms with Gasteiger partial charge in [0.1, 0.15) is 25.8 Å². The van der Waals surface area contributed by atoms with Crippen molar-refractivity contribution in [2.75, 3.05) is 72.5 Å². The van der Waals surface area contributed by atoms with E-state index in [1.54, 1.807) is 6.92 Å². The first-order valence-electron chi connectivity index (χ1n) is 12.0. The summed E-state index contributed by atoms with van der Waals surface area (Å²) in [5.41, 5.74) is 0. The Kier molecular flexibility index (Phi) is 20.8. The Labute approximate surface area is 220 Å². The van der Waals surface area contributed by atoms with Gasteiger partial charge in [-0.15, -0.1) is 0 Å². The molecule has 0 aromatic heterocycles. The molecule has 0 fully saturated rings. The number of rotatable bonds is 24. The molecule has 0 aliphatic carbocycles. The van der Waals surface area contributed by atoms with Crippen LogP contribution in [0.1, 0.15) is 26.2 Å². The maximum atomic E-state index is 11.8. The Morgan fingerprint density at radius 1 is 0.658 bits per heavy atom. The van der Waals surface area contributed by atoms with Gasteiger partial charge < -0.3 is 50.4 Å². The highest BCUT2D eigenvalue weighted by Crippen LogP contribution is 1.98. The van der Waals surface area contributed by atoms with Crippen LogP contribution in [0.25, 0.3) is 0 Å². The molecule has 38 heavy (non-hydrogen) atoms. The summed E-state index contributed by atoms with van der Waals surface area (Å²) in [6, 6.07) is -1.34. The Hall–Kier alpha value is -3.34. The standard InChI is InChI=1S/C22H38N4O12/c1-2-17(27)23-5-7-35-9-11-37-14-19(29)24-6-8-36-10-12-38-15-20(30)26-16(22(33)34)3-4-18(28)25-13-21(31)32/h16H,2-15H2,1H3,(H,23,27)(H,24,29)(H,25,28)(H,26,30)(H,31,32)(H,33,34). The largest absolute Gasteiger partial charge is 0.480 e. The molecule has 218 valence electrons. The molecule has 0 saturated heterocycles. The minimum atomic E-state index is -1.34. The molecule has 0 spiro atoms. The molecule has 0 heterocycles. The van der Waals surface area contributed by atoms with Crippen molar-refractivity contribution in [3.8, 4) is 0 Å². The van der Waals surface area contributed by atoms with Gasteiger partial charge in [-0.25, -0.2) is 4.79 Å². The van der Waals surface area contributed by atoms with Gasteiger partial charge in [-0.3, -0.25) is 24.0 Å². The lowest BCUT2D eigenvalue weighted by molar-refractivity contribution is -0.143. The summed E-state index contributed by atoms with van der Waals surface area (Å²) < 4.78 is 20.8. The highest BCUT2D eigenvalue weighted by Gasteiger charge is 2.21. The van der Waals surface area contributed by atoms with Crippen LogP contribution in [0.15, 0.2) is 0 Å². The van der Waals surface area contributed by atoms with E-state index >= 15 is 0 Å². The van der Waals surface area contributed by atoms with Crippen molar-refractivity contribution in [2.24, 2.45) is 0 Å². The van der Waals surface area contributed by atoms with Gasteiger partial charge in [0.25, 0.3) is 0 Å². The van der Waals surface area contributed by atoms with E-state index < -0.39 is 42.9 Å². The summed E-state index contributed by atoms with van der Waals surface area (Å²) in [5.74, 6) is -4.31. The lowest BCUT2D eigenvalue weighted by atomic mass is 10.1. The van der Waals surface area contributed by atoms with Crippen LogP contribution >= 0.6 is 0 Å². The fourth-order valence-electron chi connectivity index (χ4n) is 2.50. The smallest absolute Gasteiger partial charge is 0.326 e. The minimum absolute atomic E-state index is 0.0436. The zero-order valence-electron chi connectivity index (χ0n) is 21.5. The molecule has 16 heteroatoms. The summed E-state index contributed by atoms with van der Waals surface area (Å²) in [5, 5.41) is 27.2. The molecule has 0 bridgehead atoms. The predicted octanol–water partition coefficient (Wildman–Crippen LogP) is -2.75. The van der Waals surface area contributed by atoms with Crippen molar-refractivity contribution in [1.29, 1.82) is 0 Å².